The molecule has 3 aromatic heterocycles. The number of hydrogen-bond donors (Lipinski definition) is 0. The zero-order valence-electron chi connectivity index (χ0n) is 19.3. The van der Waals surface area contributed by atoms with Crippen LogP contribution in [0.25, 0.3) is 22.2 Å². The Morgan fingerprint density at radius 2 is 1.85 bits per heavy atom. The van der Waals surface area contributed by atoms with Crippen molar-refractivity contribution in [2.75, 3.05) is 6.61 Å². The monoisotopic (exact) mass is 460 g/mol. The second-order valence-electron chi connectivity index (χ2n) is 9.55. The van der Waals surface area contributed by atoms with E-state index in [4.69, 9.17) is 14.7 Å². The average molecular weight is 461 g/mol. The van der Waals surface area contributed by atoms with Gasteiger partial charge in [-0.05, 0) is 74.9 Å². The van der Waals surface area contributed by atoms with Crippen molar-refractivity contribution >= 4 is 11.0 Å². The minimum atomic E-state index is -0.594. The van der Waals surface area contributed by atoms with Crippen LogP contribution in [0.4, 0.5) is 8.78 Å². The SMILES string of the molecule is Cc1cc2c(-c3ccc(F)cc3F)cc([C@@H]3CCO[C@H](c4cnn(C5CC5)c4)C3)nc2nc1C. The summed E-state index contributed by atoms with van der Waals surface area (Å²) in [6.45, 7) is 4.54. The van der Waals surface area contributed by atoms with Gasteiger partial charge in [0.1, 0.15) is 11.6 Å². The molecule has 0 bridgehead atoms. The van der Waals surface area contributed by atoms with Crippen molar-refractivity contribution in [1.82, 2.24) is 19.7 Å². The summed E-state index contributed by atoms with van der Waals surface area (Å²) < 4.78 is 36.6. The van der Waals surface area contributed by atoms with E-state index in [1.165, 1.54) is 25.0 Å². The molecule has 0 radical (unpaired) electrons. The van der Waals surface area contributed by atoms with Crippen LogP contribution < -0.4 is 0 Å². The van der Waals surface area contributed by atoms with Crippen molar-refractivity contribution in [1.29, 1.82) is 0 Å². The Morgan fingerprint density at radius 3 is 2.65 bits per heavy atom. The Bertz CT molecular complexity index is 1400. The Kier molecular flexibility index (Phi) is 5.17. The van der Waals surface area contributed by atoms with Crippen molar-refractivity contribution in [2.24, 2.45) is 0 Å². The number of nitrogens with zero attached hydrogens (tertiary/aromatic N) is 4. The molecule has 4 heterocycles. The van der Waals surface area contributed by atoms with Crippen LogP contribution in [-0.2, 0) is 4.74 Å². The topological polar surface area (TPSA) is 52.8 Å². The molecule has 5 nitrogen and oxygen atoms in total. The number of hydrogen-bond acceptors (Lipinski definition) is 4. The van der Waals surface area contributed by atoms with Gasteiger partial charge in [-0.15, -0.1) is 0 Å². The summed E-state index contributed by atoms with van der Waals surface area (Å²) in [5.41, 5.74) is 5.48. The number of aromatic nitrogens is 4. The Hall–Kier alpha value is -3.19. The zero-order valence-corrected chi connectivity index (χ0v) is 19.3. The lowest BCUT2D eigenvalue weighted by Gasteiger charge is -2.29. The van der Waals surface area contributed by atoms with E-state index in [0.717, 1.165) is 46.8 Å². The molecule has 1 saturated carbocycles. The number of fused-ring (bicyclic) bond motifs is 1. The maximum absolute atomic E-state index is 14.9. The molecule has 0 N–H and O–H groups in total. The van der Waals surface area contributed by atoms with E-state index in [0.29, 0.717) is 29.4 Å². The van der Waals surface area contributed by atoms with Gasteiger partial charge >= 0.3 is 0 Å². The van der Waals surface area contributed by atoms with Gasteiger partial charge in [0.2, 0.25) is 0 Å². The lowest BCUT2D eigenvalue weighted by Crippen LogP contribution is -2.19. The van der Waals surface area contributed by atoms with Crippen LogP contribution in [-0.4, -0.2) is 26.4 Å². The quantitative estimate of drug-likeness (QED) is 0.356. The first-order valence-corrected chi connectivity index (χ1v) is 11.9. The van der Waals surface area contributed by atoms with Crippen LogP contribution in [0, 0.1) is 25.5 Å². The third-order valence-electron chi connectivity index (χ3n) is 7.10. The molecule has 6 rings (SSSR count). The van der Waals surface area contributed by atoms with E-state index in [1.807, 2.05) is 36.9 Å². The third kappa shape index (κ3) is 3.88. The summed E-state index contributed by atoms with van der Waals surface area (Å²) in [5.74, 6) is -1.05. The smallest absolute Gasteiger partial charge is 0.160 e. The van der Waals surface area contributed by atoms with Crippen LogP contribution in [0.2, 0.25) is 0 Å². The van der Waals surface area contributed by atoms with E-state index in [1.54, 1.807) is 0 Å². The van der Waals surface area contributed by atoms with Crippen molar-refractivity contribution in [3.05, 3.63) is 76.9 Å². The molecule has 1 aliphatic heterocycles. The summed E-state index contributed by atoms with van der Waals surface area (Å²) in [6, 6.07) is 8.19. The van der Waals surface area contributed by atoms with E-state index in [2.05, 4.69) is 11.3 Å². The molecule has 34 heavy (non-hydrogen) atoms. The summed E-state index contributed by atoms with van der Waals surface area (Å²) in [4.78, 5) is 9.64. The van der Waals surface area contributed by atoms with Gasteiger partial charge in [0, 0.05) is 52.7 Å². The molecule has 1 aliphatic carbocycles. The number of pyridine rings is 2. The van der Waals surface area contributed by atoms with E-state index < -0.39 is 11.6 Å². The predicted octanol–water partition coefficient (Wildman–Crippen LogP) is 6.36. The van der Waals surface area contributed by atoms with Gasteiger partial charge in [-0.3, -0.25) is 4.68 Å². The molecule has 7 heteroatoms. The molecule has 0 spiro atoms. The molecule has 174 valence electrons. The Balaban J connectivity index is 1.41. The number of rotatable bonds is 4. The van der Waals surface area contributed by atoms with Gasteiger partial charge in [-0.1, -0.05) is 0 Å². The molecule has 0 amide bonds. The third-order valence-corrected chi connectivity index (χ3v) is 7.10. The second-order valence-corrected chi connectivity index (χ2v) is 9.55. The van der Waals surface area contributed by atoms with Crippen LogP contribution in [0.5, 0.6) is 0 Å². The van der Waals surface area contributed by atoms with Gasteiger partial charge in [0.15, 0.2) is 5.65 Å². The van der Waals surface area contributed by atoms with Gasteiger partial charge in [0.05, 0.1) is 18.3 Å². The molecule has 4 aromatic rings. The number of ether oxygens (including phenoxy) is 1. The van der Waals surface area contributed by atoms with Gasteiger partial charge in [0.25, 0.3) is 0 Å². The molecule has 2 aliphatic rings. The van der Waals surface area contributed by atoms with Crippen LogP contribution in [0.15, 0.2) is 42.7 Å². The van der Waals surface area contributed by atoms with Crippen molar-refractivity contribution in [2.45, 2.75) is 57.6 Å². The molecular formula is C27H26F2N4O. The number of halogens is 2. The van der Waals surface area contributed by atoms with Crippen molar-refractivity contribution in [3.63, 3.8) is 0 Å². The summed E-state index contributed by atoms with van der Waals surface area (Å²) >= 11 is 0. The van der Waals surface area contributed by atoms with E-state index in [9.17, 15) is 8.78 Å². The average Bonchev–Trinajstić information content (AvgIpc) is 3.56. The summed E-state index contributed by atoms with van der Waals surface area (Å²) in [6.07, 6.45) is 7.92. The van der Waals surface area contributed by atoms with Crippen molar-refractivity contribution in [3.8, 4) is 11.1 Å². The summed E-state index contributed by atoms with van der Waals surface area (Å²) in [7, 11) is 0. The van der Waals surface area contributed by atoms with Gasteiger partial charge in [-0.2, -0.15) is 5.10 Å². The van der Waals surface area contributed by atoms with Crippen molar-refractivity contribution < 1.29 is 13.5 Å². The highest BCUT2D eigenvalue weighted by molar-refractivity contribution is 5.93. The summed E-state index contributed by atoms with van der Waals surface area (Å²) in [5, 5.41) is 5.29. The zero-order chi connectivity index (χ0) is 23.4. The van der Waals surface area contributed by atoms with Crippen LogP contribution >= 0.6 is 0 Å². The first-order valence-electron chi connectivity index (χ1n) is 11.9. The fourth-order valence-corrected chi connectivity index (χ4v) is 4.85. The van der Waals surface area contributed by atoms with E-state index >= 15 is 0 Å². The van der Waals surface area contributed by atoms with Crippen LogP contribution in [0.1, 0.15) is 66.3 Å². The first-order chi connectivity index (χ1) is 16.5. The fourth-order valence-electron chi connectivity index (χ4n) is 4.85. The molecular weight excluding hydrogens is 434 g/mol. The predicted molar refractivity (Wildman–Crippen MR) is 126 cm³/mol. The lowest BCUT2D eigenvalue weighted by atomic mass is 9.88. The minimum absolute atomic E-state index is 0.0533. The van der Waals surface area contributed by atoms with Crippen LogP contribution in [0.3, 0.4) is 0 Å². The molecule has 2 atom stereocenters. The Labute approximate surface area is 196 Å². The minimum Gasteiger partial charge on any atom is -0.373 e. The highest BCUT2D eigenvalue weighted by Crippen LogP contribution is 2.41. The van der Waals surface area contributed by atoms with E-state index in [-0.39, 0.29) is 12.0 Å². The maximum Gasteiger partial charge on any atom is 0.160 e. The number of aryl methyl sites for hydroxylation is 2. The van der Waals surface area contributed by atoms with Gasteiger partial charge < -0.3 is 4.74 Å². The number of benzene rings is 1. The molecule has 1 aromatic carbocycles. The normalized spacial score (nSPS) is 20.7. The Morgan fingerprint density at radius 1 is 1.00 bits per heavy atom. The first kappa shape index (κ1) is 21.4. The molecule has 1 saturated heterocycles. The standard InChI is InChI=1S/C27H26F2N4O/c1-15-9-23-22(21-6-3-19(28)11-24(21)29)12-25(32-27(23)31-16(15)2)17-7-8-34-26(10-17)18-13-30-33(14-18)20-4-5-20/h3,6,9,11-14,17,20,26H,4-5,7-8,10H2,1-2H3/t17-,26+/m1/s1. The fraction of sp³-hybridized carbons (Fsp3) is 0.370. The molecule has 2 fully saturated rings. The van der Waals surface area contributed by atoms with Gasteiger partial charge in [-0.25, -0.2) is 18.7 Å². The second kappa shape index (κ2) is 8.24. The molecule has 0 unspecified atom stereocenters. The largest absolute Gasteiger partial charge is 0.373 e. The highest BCUT2D eigenvalue weighted by Gasteiger charge is 2.30. The highest BCUT2D eigenvalue weighted by atomic mass is 19.1. The lowest BCUT2D eigenvalue weighted by molar-refractivity contribution is 0.00464. The maximum atomic E-state index is 14.9.